The Morgan fingerprint density at radius 1 is 0.324 bits per heavy atom. The summed E-state index contributed by atoms with van der Waals surface area (Å²) in [7, 11) is 0. The number of benzene rings is 2. The summed E-state index contributed by atoms with van der Waals surface area (Å²) in [4.78, 5) is 34.1. The molecule has 5 heteroatoms. The lowest BCUT2D eigenvalue weighted by Gasteiger charge is -2.33. The Labute approximate surface area is 411 Å². The van der Waals surface area contributed by atoms with E-state index in [0.717, 1.165) is 44.5 Å². The molecular weight excluding hydrogens is 835 g/mol. The van der Waals surface area contributed by atoms with Crippen LogP contribution in [-0.4, -0.2) is 16.6 Å². The predicted molar refractivity (Wildman–Crippen MR) is 284 cm³/mol. The van der Waals surface area contributed by atoms with Crippen LogP contribution in [0.1, 0.15) is 211 Å². The second-order valence-electron chi connectivity index (χ2n) is 27.8. The molecule has 1 heterocycles. The minimum Gasteiger partial charge on any atom is -0.289 e. The van der Waals surface area contributed by atoms with E-state index < -0.39 is 43.3 Å². The summed E-state index contributed by atoms with van der Waals surface area (Å²) < 4.78 is 0. The molecule has 2 radical (unpaired) electrons. The highest BCUT2D eigenvalue weighted by Gasteiger charge is 2.38. The van der Waals surface area contributed by atoms with Crippen molar-refractivity contribution in [1.29, 1.82) is 0 Å². The Bertz CT molecular complexity index is 2420. The molecule has 0 amide bonds. The van der Waals surface area contributed by atoms with Crippen molar-refractivity contribution >= 4 is 22.7 Å². The van der Waals surface area contributed by atoms with Gasteiger partial charge in [0.25, 0.3) is 0 Å². The van der Waals surface area contributed by atoms with Gasteiger partial charge < -0.3 is 0 Å². The molecule has 0 saturated carbocycles. The van der Waals surface area contributed by atoms with Gasteiger partial charge in [-0.25, -0.2) is 0 Å². The van der Waals surface area contributed by atoms with E-state index in [2.05, 4.69) is 221 Å². The number of aromatic nitrogens is 1. The van der Waals surface area contributed by atoms with Gasteiger partial charge in [-0.2, -0.15) is 0 Å². The molecule has 0 saturated heterocycles. The molecule has 3 aromatic rings. The Balaban J connectivity index is 2.13. The summed E-state index contributed by atoms with van der Waals surface area (Å²) in [5.41, 5.74) is 8.67. The average molecular weight is 918 g/mol. The molecule has 0 fully saturated rings. The van der Waals surface area contributed by atoms with Crippen molar-refractivity contribution in [3.8, 4) is 11.5 Å². The number of Topliss-reactive ketones (excluding diaryl/α,β-unsaturated/α-hetero) is 2. The highest BCUT2D eigenvalue weighted by atomic mass is 16.3. The van der Waals surface area contributed by atoms with Crippen LogP contribution in [0.4, 0.5) is 0 Å². The van der Waals surface area contributed by atoms with Crippen LogP contribution in [-0.2, 0) is 41.5 Å². The van der Waals surface area contributed by atoms with E-state index in [1.807, 2.05) is 12.4 Å². The van der Waals surface area contributed by atoms with Crippen LogP contribution in [0, 0.1) is 21.7 Å². The van der Waals surface area contributed by atoms with Crippen molar-refractivity contribution in [2.75, 3.05) is 0 Å². The molecule has 2 aromatic carbocycles. The summed E-state index contributed by atoms with van der Waals surface area (Å²) in [5.74, 6) is 0.143. The third kappa shape index (κ3) is 11.0. The molecule has 0 bridgehead atoms. The van der Waals surface area contributed by atoms with Crippen LogP contribution in [0.15, 0.2) is 100 Å². The molecule has 2 aliphatic carbocycles. The lowest BCUT2D eigenvalue weighted by atomic mass is 9.70. The van der Waals surface area contributed by atoms with Crippen molar-refractivity contribution < 1.29 is 19.8 Å². The highest BCUT2D eigenvalue weighted by Crippen LogP contribution is 2.49. The molecule has 5 rings (SSSR count). The molecule has 364 valence electrons. The van der Waals surface area contributed by atoms with E-state index in [-0.39, 0.29) is 23.1 Å². The summed E-state index contributed by atoms with van der Waals surface area (Å²) in [6.07, 6.45) is 12.0. The number of ketones is 2. The van der Waals surface area contributed by atoms with Crippen LogP contribution in [0.2, 0.25) is 0 Å². The largest absolute Gasteiger partial charge is 0.289 e. The molecule has 1 aromatic heterocycles. The number of pyridine rings is 1. The lowest BCUT2D eigenvalue weighted by molar-refractivity contribution is -0.114. The summed E-state index contributed by atoms with van der Waals surface area (Å²) >= 11 is 0. The van der Waals surface area contributed by atoms with Crippen molar-refractivity contribution in [1.82, 2.24) is 4.98 Å². The van der Waals surface area contributed by atoms with Gasteiger partial charge in [-0.05, 0) is 131 Å². The fourth-order valence-corrected chi connectivity index (χ4v) is 9.26. The molecule has 0 spiro atoms. The van der Waals surface area contributed by atoms with Gasteiger partial charge in [-0.3, -0.25) is 24.8 Å². The van der Waals surface area contributed by atoms with Crippen molar-refractivity contribution in [2.24, 2.45) is 21.7 Å². The second-order valence-corrected chi connectivity index (χ2v) is 27.8. The maximum Gasteiger partial charge on any atom is 0.186 e. The van der Waals surface area contributed by atoms with Crippen LogP contribution < -0.4 is 0 Å². The first-order valence-electron chi connectivity index (χ1n) is 24.6. The minimum atomic E-state index is -0.474. The number of allylic oxidation sites excluding steroid dienone is 10. The molecule has 0 atom stereocenters. The number of hydrogen-bond donors (Lipinski definition) is 0. The zero-order valence-corrected chi connectivity index (χ0v) is 46.4. The maximum atomic E-state index is 14.5. The molecule has 68 heavy (non-hydrogen) atoms. The van der Waals surface area contributed by atoms with E-state index in [1.165, 1.54) is 0 Å². The summed E-state index contributed by atoms with van der Waals surface area (Å²) in [5, 5.41) is 29.0. The fraction of sp³-hybridized carbons (Fsp3) is 0.508. The number of rotatable bonds is 4. The van der Waals surface area contributed by atoms with E-state index in [1.54, 1.807) is 0 Å². The standard InChI is InChI=1S/C63H83NO4/c1-56(2,3)42-26-36(27-43(52(42)65)57(4,5)6)50(37-28-44(58(7,8)9)53(66)45(29-37)59(10,11)12)40-25-41(35-64-34-40)51(38-30-46(60(13,14)15)54(67)47(31-38)61(16,17)18)39-32-48(62(19,20)21)55(68)49(33-39)63(22,23)24/h25-35H,1-24H3. The SMILES string of the molecule is CC(C)(C)C1=CC(=C(c2cncc(C(=C3C=C(C(C)(C)C)C(=O)C(C(C)(C)C)=C3)c3cc(C(C)(C)C)c([O])c(C(C)(C)C)c3)c2)c2cc(C(C)(C)C)c([O])c(C(C)(C)C)c2)C=C(C(C)(C)C)C1=O. The lowest BCUT2D eigenvalue weighted by Crippen LogP contribution is -2.28. The monoisotopic (exact) mass is 918 g/mol. The van der Waals surface area contributed by atoms with E-state index in [4.69, 9.17) is 4.98 Å². The van der Waals surface area contributed by atoms with Gasteiger partial charge in [0.1, 0.15) is 0 Å². The first-order chi connectivity index (χ1) is 30.5. The van der Waals surface area contributed by atoms with Gasteiger partial charge >= 0.3 is 0 Å². The van der Waals surface area contributed by atoms with Crippen LogP contribution in [0.5, 0.6) is 11.5 Å². The molecular formula is C63H83NO4. The van der Waals surface area contributed by atoms with E-state index in [0.29, 0.717) is 44.5 Å². The molecule has 5 nitrogen and oxygen atoms in total. The topological polar surface area (TPSA) is 86.8 Å². The molecule has 0 unspecified atom stereocenters. The summed E-state index contributed by atoms with van der Waals surface area (Å²) in [6.45, 7) is 50.0. The van der Waals surface area contributed by atoms with E-state index >= 15 is 0 Å². The Morgan fingerprint density at radius 2 is 0.544 bits per heavy atom. The first-order valence-corrected chi connectivity index (χ1v) is 24.6. The van der Waals surface area contributed by atoms with Gasteiger partial charge in [-0.1, -0.05) is 166 Å². The van der Waals surface area contributed by atoms with Crippen molar-refractivity contribution in [3.05, 3.63) is 145 Å². The van der Waals surface area contributed by atoms with E-state index in [9.17, 15) is 19.8 Å². The molecule has 0 aliphatic heterocycles. The zero-order chi connectivity index (χ0) is 52.0. The second kappa shape index (κ2) is 17.4. The average Bonchev–Trinajstić information content (AvgIpc) is 3.13. The van der Waals surface area contributed by atoms with Gasteiger partial charge in [0.15, 0.2) is 23.1 Å². The van der Waals surface area contributed by atoms with Crippen molar-refractivity contribution in [2.45, 2.75) is 188 Å². The zero-order valence-electron chi connectivity index (χ0n) is 46.4. The predicted octanol–water partition coefficient (Wildman–Crippen LogP) is 17.2. The number of carbonyl (C=O) groups excluding carboxylic acids is 2. The third-order valence-electron chi connectivity index (χ3n) is 13.3. The third-order valence-corrected chi connectivity index (χ3v) is 13.3. The van der Waals surface area contributed by atoms with Gasteiger partial charge in [0.05, 0.1) is 0 Å². The van der Waals surface area contributed by atoms with Crippen LogP contribution in [0.25, 0.3) is 11.1 Å². The van der Waals surface area contributed by atoms with Crippen molar-refractivity contribution in [3.63, 3.8) is 0 Å². The van der Waals surface area contributed by atoms with Gasteiger partial charge in [-0.15, -0.1) is 0 Å². The quantitative estimate of drug-likeness (QED) is 0.261. The molecule has 2 aliphatic rings. The number of hydrogen-bond acceptors (Lipinski definition) is 3. The first kappa shape index (κ1) is 53.9. The van der Waals surface area contributed by atoms with Crippen LogP contribution in [0.3, 0.4) is 0 Å². The number of nitrogens with zero attached hydrogens (tertiary/aromatic N) is 1. The Morgan fingerprint density at radius 3 is 0.735 bits per heavy atom. The molecule has 0 N–H and O–H groups in total. The maximum absolute atomic E-state index is 14.5. The van der Waals surface area contributed by atoms with Gasteiger partial charge in [0, 0.05) is 68.1 Å². The minimum absolute atomic E-state index is 0.0357. The van der Waals surface area contributed by atoms with Crippen LogP contribution >= 0.6 is 0 Å². The Hall–Kier alpha value is -5.03. The fourth-order valence-electron chi connectivity index (χ4n) is 9.26. The normalized spacial score (nSPS) is 16.1. The highest BCUT2D eigenvalue weighted by molar-refractivity contribution is 6.14. The smallest absolute Gasteiger partial charge is 0.186 e. The summed E-state index contributed by atoms with van der Waals surface area (Å²) in [6, 6.07) is 10.4. The Kier molecular flexibility index (Phi) is 13.8. The number of carbonyl (C=O) groups is 2. The van der Waals surface area contributed by atoms with Gasteiger partial charge in [0.2, 0.25) is 0 Å².